The van der Waals surface area contributed by atoms with Crippen LogP contribution in [-0.4, -0.2) is 34.9 Å². The minimum absolute atomic E-state index is 0.000362. The number of nitrogens with zero attached hydrogens (tertiary/aromatic N) is 2. The van der Waals surface area contributed by atoms with Gasteiger partial charge in [0.2, 0.25) is 0 Å². The zero-order chi connectivity index (χ0) is 23.0. The predicted molar refractivity (Wildman–Crippen MR) is 114 cm³/mol. The number of carbonyl (C=O) groups excluding carboxylic acids is 1. The predicted octanol–water partition coefficient (Wildman–Crippen LogP) is 3.97. The molecule has 0 aliphatic heterocycles. The standard InChI is InChI=1S/C22H30F3N3O2S/c1-13-18(21(2,3)4)31-20(28(13)12-14-5-6-14)27-19(30)16-11-15(22(23,24)25)7-8-17(16)26-9-10-29/h7-8,14-15,26,29H,5-6,9-12H2,1-4H3. The van der Waals surface area contributed by atoms with Gasteiger partial charge in [-0.3, -0.25) is 4.79 Å². The van der Waals surface area contributed by atoms with Crippen molar-refractivity contribution in [2.75, 3.05) is 13.2 Å². The van der Waals surface area contributed by atoms with E-state index in [0.717, 1.165) is 36.0 Å². The molecule has 3 rings (SSSR count). The second-order valence-corrected chi connectivity index (χ2v) is 10.3. The molecule has 0 saturated heterocycles. The number of alkyl halides is 3. The lowest BCUT2D eigenvalue weighted by molar-refractivity contribution is -0.161. The first-order valence-corrected chi connectivity index (χ1v) is 11.4. The molecule has 1 aromatic heterocycles. The molecule has 1 atom stereocenters. The molecular weight excluding hydrogens is 427 g/mol. The van der Waals surface area contributed by atoms with Gasteiger partial charge in [0.05, 0.1) is 12.5 Å². The van der Waals surface area contributed by atoms with Crippen LogP contribution in [0.2, 0.25) is 0 Å². The molecule has 1 heterocycles. The van der Waals surface area contributed by atoms with Gasteiger partial charge >= 0.3 is 6.18 Å². The van der Waals surface area contributed by atoms with Crippen molar-refractivity contribution in [3.63, 3.8) is 0 Å². The molecule has 5 nitrogen and oxygen atoms in total. The van der Waals surface area contributed by atoms with Crippen molar-refractivity contribution in [2.45, 2.75) is 65.1 Å². The molecule has 0 bridgehead atoms. The third kappa shape index (κ3) is 5.68. The highest BCUT2D eigenvalue weighted by Crippen LogP contribution is 2.36. The number of amides is 1. The van der Waals surface area contributed by atoms with Gasteiger partial charge in [-0.1, -0.05) is 26.8 Å². The van der Waals surface area contributed by atoms with E-state index in [-0.39, 0.29) is 24.1 Å². The zero-order valence-corrected chi connectivity index (χ0v) is 19.2. The van der Waals surface area contributed by atoms with Crippen LogP contribution in [0.5, 0.6) is 0 Å². The maximum absolute atomic E-state index is 13.3. The number of allylic oxidation sites excluding steroid dienone is 2. The molecular formula is C22H30F3N3O2S. The molecule has 1 amide bonds. The van der Waals surface area contributed by atoms with E-state index in [1.807, 2.05) is 11.5 Å². The number of halogens is 3. The normalized spacial score (nSPS) is 20.5. The first-order valence-electron chi connectivity index (χ1n) is 10.5. The molecule has 2 aliphatic rings. The van der Waals surface area contributed by atoms with E-state index < -0.39 is 24.4 Å². The van der Waals surface area contributed by atoms with E-state index in [4.69, 9.17) is 5.11 Å². The second kappa shape index (κ2) is 8.94. The van der Waals surface area contributed by atoms with Crippen LogP contribution in [0.3, 0.4) is 0 Å². The summed E-state index contributed by atoms with van der Waals surface area (Å²) >= 11 is 1.43. The average Bonchev–Trinajstić information content (AvgIpc) is 3.44. The molecule has 1 aromatic rings. The van der Waals surface area contributed by atoms with E-state index in [1.165, 1.54) is 17.4 Å². The Morgan fingerprint density at radius 3 is 2.55 bits per heavy atom. The van der Waals surface area contributed by atoms with Gasteiger partial charge in [-0.25, -0.2) is 0 Å². The molecule has 2 aliphatic carbocycles. The second-order valence-electron chi connectivity index (χ2n) is 9.27. The summed E-state index contributed by atoms with van der Waals surface area (Å²) in [6, 6.07) is 0. The quantitative estimate of drug-likeness (QED) is 0.680. The molecule has 1 saturated carbocycles. The van der Waals surface area contributed by atoms with Crippen molar-refractivity contribution in [1.82, 2.24) is 9.88 Å². The average molecular weight is 458 g/mol. The van der Waals surface area contributed by atoms with E-state index in [2.05, 4.69) is 31.1 Å². The number of hydrogen-bond acceptors (Lipinski definition) is 4. The molecule has 172 valence electrons. The molecule has 0 spiro atoms. The number of thiazole rings is 1. The lowest BCUT2D eigenvalue weighted by atomic mass is 9.91. The number of aromatic nitrogens is 1. The number of aliphatic hydroxyl groups is 1. The summed E-state index contributed by atoms with van der Waals surface area (Å²) in [5, 5.41) is 11.9. The number of carbonyl (C=O) groups is 1. The van der Waals surface area contributed by atoms with Crippen LogP contribution in [0.1, 0.15) is 50.6 Å². The number of hydrogen-bond donors (Lipinski definition) is 2. The highest BCUT2D eigenvalue weighted by molar-refractivity contribution is 7.09. The fourth-order valence-corrected chi connectivity index (χ4v) is 4.88. The molecule has 1 unspecified atom stereocenters. The highest BCUT2D eigenvalue weighted by Gasteiger charge is 2.41. The van der Waals surface area contributed by atoms with Crippen molar-refractivity contribution in [3.05, 3.63) is 38.8 Å². The zero-order valence-electron chi connectivity index (χ0n) is 18.3. The van der Waals surface area contributed by atoms with Gasteiger partial charge in [0.1, 0.15) is 0 Å². The third-order valence-corrected chi connectivity index (χ3v) is 7.13. The Bertz CT molecular complexity index is 960. The fourth-order valence-electron chi connectivity index (χ4n) is 3.69. The highest BCUT2D eigenvalue weighted by atomic mass is 32.1. The Morgan fingerprint density at radius 2 is 2.00 bits per heavy atom. The van der Waals surface area contributed by atoms with E-state index in [1.54, 1.807) is 0 Å². The van der Waals surface area contributed by atoms with Gasteiger partial charge in [0.25, 0.3) is 5.91 Å². The summed E-state index contributed by atoms with van der Waals surface area (Å²) in [5.41, 5.74) is 1.22. The van der Waals surface area contributed by atoms with Gasteiger partial charge in [-0.15, -0.1) is 11.3 Å². The van der Waals surface area contributed by atoms with Gasteiger partial charge in [0, 0.05) is 34.9 Å². The Labute approximate surface area is 184 Å². The summed E-state index contributed by atoms with van der Waals surface area (Å²) in [5.74, 6) is -1.83. The van der Waals surface area contributed by atoms with Crippen LogP contribution in [0.4, 0.5) is 13.2 Å². The van der Waals surface area contributed by atoms with E-state index in [0.29, 0.717) is 16.4 Å². The van der Waals surface area contributed by atoms with Crippen LogP contribution in [0.25, 0.3) is 0 Å². The van der Waals surface area contributed by atoms with Crippen LogP contribution in [0.15, 0.2) is 28.4 Å². The maximum atomic E-state index is 13.3. The van der Waals surface area contributed by atoms with E-state index >= 15 is 0 Å². The van der Waals surface area contributed by atoms with Crippen molar-refractivity contribution in [2.24, 2.45) is 16.8 Å². The minimum atomic E-state index is -4.44. The first-order chi connectivity index (χ1) is 14.4. The number of aliphatic hydroxyl groups excluding tert-OH is 1. The van der Waals surface area contributed by atoms with Crippen LogP contribution < -0.4 is 10.1 Å². The molecule has 31 heavy (non-hydrogen) atoms. The number of rotatable bonds is 6. The van der Waals surface area contributed by atoms with Crippen molar-refractivity contribution < 1.29 is 23.1 Å². The Kier molecular flexibility index (Phi) is 6.86. The Morgan fingerprint density at radius 1 is 1.32 bits per heavy atom. The van der Waals surface area contributed by atoms with Crippen LogP contribution in [-0.2, 0) is 16.8 Å². The van der Waals surface area contributed by atoms with E-state index in [9.17, 15) is 18.0 Å². The SMILES string of the molecule is Cc1c(C(C)(C)C)sc(=NC(=O)C2=C(NCCO)C=CC(C(F)(F)F)C2)n1CC1CC1. The lowest BCUT2D eigenvalue weighted by Gasteiger charge is -2.23. The Balaban J connectivity index is 2.03. The molecule has 2 N–H and O–H groups in total. The lowest BCUT2D eigenvalue weighted by Crippen LogP contribution is -2.29. The third-order valence-electron chi connectivity index (χ3n) is 5.52. The van der Waals surface area contributed by atoms with Crippen LogP contribution in [0, 0.1) is 18.8 Å². The van der Waals surface area contributed by atoms with Crippen molar-refractivity contribution in [1.29, 1.82) is 0 Å². The smallest absolute Gasteiger partial charge is 0.395 e. The van der Waals surface area contributed by atoms with Crippen molar-refractivity contribution >= 4 is 17.2 Å². The number of nitrogens with one attached hydrogen (secondary N) is 1. The van der Waals surface area contributed by atoms with Gasteiger partial charge in [-0.2, -0.15) is 18.2 Å². The molecule has 0 radical (unpaired) electrons. The molecule has 9 heteroatoms. The Hall–Kier alpha value is -1.87. The fraction of sp³-hybridized carbons (Fsp3) is 0.636. The largest absolute Gasteiger partial charge is 0.395 e. The van der Waals surface area contributed by atoms with Crippen molar-refractivity contribution in [3.8, 4) is 0 Å². The summed E-state index contributed by atoms with van der Waals surface area (Å²) in [6.45, 7) is 9.01. The van der Waals surface area contributed by atoms with Gasteiger partial charge < -0.3 is 15.0 Å². The van der Waals surface area contributed by atoms with Gasteiger partial charge in [0.15, 0.2) is 4.80 Å². The first kappa shape index (κ1) is 23.8. The van der Waals surface area contributed by atoms with Crippen LogP contribution >= 0.6 is 11.3 Å². The topological polar surface area (TPSA) is 66.6 Å². The molecule has 0 aromatic carbocycles. The monoisotopic (exact) mass is 457 g/mol. The summed E-state index contributed by atoms with van der Waals surface area (Å²) in [4.78, 5) is 19.1. The van der Waals surface area contributed by atoms with Gasteiger partial charge in [-0.05, 0) is 43.6 Å². The summed E-state index contributed by atoms with van der Waals surface area (Å²) < 4.78 is 42.0. The maximum Gasteiger partial charge on any atom is 0.395 e. The molecule has 1 fully saturated rings. The summed E-state index contributed by atoms with van der Waals surface area (Å²) in [6.07, 6.45) is -0.294. The minimum Gasteiger partial charge on any atom is -0.395 e. The summed E-state index contributed by atoms with van der Waals surface area (Å²) in [7, 11) is 0.